The Morgan fingerprint density at radius 1 is 1.20 bits per heavy atom. The van der Waals surface area contributed by atoms with Gasteiger partial charge in [0.2, 0.25) is 0 Å². The van der Waals surface area contributed by atoms with Crippen LogP contribution in [0.2, 0.25) is 0 Å². The summed E-state index contributed by atoms with van der Waals surface area (Å²) in [6.45, 7) is 0.600. The molecule has 0 aliphatic heterocycles. The second-order valence-corrected chi connectivity index (χ2v) is 6.79. The number of hydrogen-bond donors (Lipinski definition) is 2. The maximum atomic E-state index is 12.3. The Bertz CT molecular complexity index is 563. The summed E-state index contributed by atoms with van der Waals surface area (Å²) in [5.41, 5.74) is -4.74. The molecule has 2 N–H and O–H groups in total. The first-order chi connectivity index (χ1) is 9.20. The lowest BCUT2D eigenvalue weighted by molar-refractivity contribution is -0.0436. The van der Waals surface area contributed by atoms with Gasteiger partial charge in [-0.2, -0.15) is 13.2 Å². The summed E-state index contributed by atoms with van der Waals surface area (Å²) in [4.78, 5) is -0.769. The van der Waals surface area contributed by atoms with Crippen molar-refractivity contribution in [2.24, 2.45) is 5.92 Å². The number of benzene rings is 1. The fourth-order valence-corrected chi connectivity index (χ4v) is 2.78. The second-order valence-electron chi connectivity index (χ2n) is 4.85. The topological polar surface area (TPSA) is 66.4 Å². The van der Waals surface area contributed by atoms with Gasteiger partial charge in [0.1, 0.15) is 0 Å². The lowest BCUT2D eigenvalue weighted by Gasteiger charge is -2.31. The van der Waals surface area contributed by atoms with Crippen LogP contribution in [0, 0.1) is 5.92 Å². The van der Waals surface area contributed by atoms with Gasteiger partial charge >= 0.3 is 5.51 Å². The minimum atomic E-state index is -5.29. The van der Waals surface area contributed by atoms with E-state index in [1.807, 2.05) is 0 Å². The number of sulfone groups is 1. The lowest BCUT2D eigenvalue weighted by Crippen LogP contribution is -2.33. The minimum absolute atomic E-state index is 0.263. The van der Waals surface area contributed by atoms with Crippen LogP contribution in [0.25, 0.3) is 0 Å². The van der Waals surface area contributed by atoms with Crippen LogP contribution in [-0.2, 0) is 9.84 Å². The molecular formula is C12H14F3NO3S. The van der Waals surface area contributed by atoms with Gasteiger partial charge in [-0.3, -0.25) is 0 Å². The van der Waals surface area contributed by atoms with E-state index in [1.165, 1.54) is 12.1 Å². The number of aliphatic hydroxyl groups is 1. The number of nitrogens with one attached hydrogen (secondary N) is 1. The molecule has 4 nitrogen and oxygen atoms in total. The summed E-state index contributed by atoms with van der Waals surface area (Å²) in [7, 11) is -5.29. The van der Waals surface area contributed by atoms with E-state index in [1.54, 1.807) is 0 Å². The third-order valence-corrected chi connectivity index (χ3v) is 4.78. The van der Waals surface area contributed by atoms with E-state index in [0.717, 1.165) is 12.1 Å². The minimum Gasteiger partial charge on any atom is -0.393 e. The highest BCUT2D eigenvalue weighted by atomic mass is 32.2. The summed E-state index contributed by atoms with van der Waals surface area (Å²) in [6.07, 6.45) is 1.14. The van der Waals surface area contributed by atoms with Gasteiger partial charge in [-0.05, 0) is 43.0 Å². The van der Waals surface area contributed by atoms with Crippen molar-refractivity contribution < 1.29 is 26.7 Å². The molecule has 1 fully saturated rings. The molecule has 1 aromatic rings. The summed E-state index contributed by atoms with van der Waals surface area (Å²) in [6, 6.07) is 4.46. The van der Waals surface area contributed by atoms with Gasteiger partial charge in [0.05, 0.1) is 11.0 Å². The second kappa shape index (κ2) is 5.25. The Kier molecular flexibility index (Phi) is 3.97. The Morgan fingerprint density at radius 2 is 1.75 bits per heavy atom. The van der Waals surface area contributed by atoms with E-state index in [-0.39, 0.29) is 6.10 Å². The van der Waals surface area contributed by atoms with E-state index < -0.39 is 20.2 Å². The van der Waals surface area contributed by atoms with E-state index in [4.69, 9.17) is 5.11 Å². The molecular weight excluding hydrogens is 295 g/mol. The molecule has 20 heavy (non-hydrogen) atoms. The molecule has 0 unspecified atom stereocenters. The summed E-state index contributed by atoms with van der Waals surface area (Å²) >= 11 is 0. The molecule has 8 heteroatoms. The van der Waals surface area contributed by atoms with Crippen molar-refractivity contribution in [3.63, 3.8) is 0 Å². The fraction of sp³-hybridized carbons (Fsp3) is 0.500. The van der Waals surface area contributed by atoms with Gasteiger partial charge in [-0.25, -0.2) is 8.42 Å². The average Bonchev–Trinajstić information content (AvgIpc) is 2.32. The predicted octanol–water partition coefficient (Wildman–Crippen LogP) is 2.16. The molecule has 0 aromatic heterocycles. The first-order valence-electron chi connectivity index (χ1n) is 6.03. The Labute approximate surface area is 114 Å². The molecule has 0 radical (unpaired) electrons. The van der Waals surface area contributed by atoms with Gasteiger partial charge in [-0.15, -0.1) is 0 Å². The SMILES string of the molecule is O=S(=O)(c1ccc(NCC2CC(O)C2)cc1)C(F)(F)F. The summed E-state index contributed by atoms with van der Waals surface area (Å²) in [5, 5.41) is 12.1. The fourth-order valence-electron chi connectivity index (χ4n) is 2.01. The monoisotopic (exact) mass is 309 g/mol. The van der Waals surface area contributed by atoms with Gasteiger partial charge < -0.3 is 10.4 Å². The first-order valence-corrected chi connectivity index (χ1v) is 7.52. The summed E-state index contributed by atoms with van der Waals surface area (Å²) < 4.78 is 59.3. The van der Waals surface area contributed by atoms with Crippen LogP contribution in [0.15, 0.2) is 29.2 Å². The van der Waals surface area contributed by atoms with Crippen molar-refractivity contribution >= 4 is 15.5 Å². The number of rotatable bonds is 4. The summed E-state index contributed by atoms with van der Waals surface area (Å²) in [5.74, 6) is 0.337. The third-order valence-electron chi connectivity index (χ3n) is 3.28. The molecule has 2 rings (SSSR count). The van der Waals surface area contributed by atoms with Gasteiger partial charge in [0.15, 0.2) is 0 Å². The maximum absolute atomic E-state index is 12.3. The zero-order valence-electron chi connectivity index (χ0n) is 10.4. The molecule has 0 bridgehead atoms. The molecule has 0 heterocycles. The highest BCUT2D eigenvalue weighted by Crippen LogP contribution is 2.31. The third kappa shape index (κ3) is 3.06. The van der Waals surface area contributed by atoms with E-state index in [9.17, 15) is 21.6 Å². The Hall–Kier alpha value is -1.28. The first kappa shape index (κ1) is 15.1. The number of alkyl halides is 3. The molecule has 1 aromatic carbocycles. The van der Waals surface area contributed by atoms with Crippen LogP contribution in [0.1, 0.15) is 12.8 Å². The molecule has 1 saturated carbocycles. The quantitative estimate of drug-likeness (QED) is 0.894. The highest BCUT2D eigenvalue weighted by molar-refractivity contribution is 7.92. The van der Waals surface area contributed by atoms with Gasteiger partial charge in [0, 0.05) is 12.2 Å². The van der Waals surface area contributed by atoms with Crippen LogP contribution in [-0.4, -0.2) is 31.7 Å². The van der Waals surface area contributed by atoms with Crippen molar-refractivity contribution in [1.82, 2.24) is 0 Å². The molecule has 1 aliphatic rings. The van der Waals surface area contributed by atoms with Crippen molar-refractivity contribution in [2.75, 3.05) is 11.9 Å². The number of hydrogen-bond acceptors (Lipinski definition) is 4. The Morgan fingerprint density at radius 3 is 2.20 bits per heavy atom. The molecule has 0 spiro atoms. The Balaban J connectivity index is 2.00. The van der Waals surface area contributed by atoms with Gasteiger partial charge in [-0.1, -0.05) is 0 Å². The van der Waals surface area contributed by atoms with Crippen molar-refractivity contribution in [3.05, 3.63) is 24.3 Å². The van der Waals surface area contributed by atoms with Crippen LogP contribution in [0.3, 0.4) is 0 Å². The largest absolute Gasteiger partial charge is 0.501 e. The number of halogens is 3. The van der Waals surface area contributed by atoms with Gasteiger partial charge in [0.25, 0.3) is 9.84 Å². The zero-order chi connectivity index (χ0) is 15.0. The van der Waals surface area contributed by atoms with E-state index >= 15 is 0 Å². The van der Waals surface area contributed by atoms with Crippen LogP contribution < -0.4 is 5.32 Å². The zero-order valence-corrected chi connectivity index (χ0v) is 11.2. The molecule has 0 saturated heterocycles. The number of aliphatic hydroxyl groups excluding tert-OH is 1. The van der Waals surface area contributed by atoms with E-state index in [2.05, 4.69) is 5.32 Å². The van der Waals surface area contributed by atoms with Crippen molar-refractivity contribution in [1.29, 1.82) is 0 Å². The highest BCUT2D eigenvalue weighted by Gasteiger charge is 2.46. The predicted molar refractivity (Wildman–Crippen MR) is 66.9 cm³/mol. The molecule has 112 valence electrons. The molecule has 0 atom stereocenters. The lowest BCUT2D eigenvalue weighted by atomic mass is 9.82. The normalized spacial score (nSPS) is 23.2. The van der Waals surface area contributed by atoms with Crippen LogP contribution in [0.5, 0.6) is 0 Å². The maximum Gasteiger partial charge on any atom is 0.501 e. The van der Waals surface area contributed by atoms with E-state index in [0.29, 0.717) is 31.0 Å². The van der Waals surface area contributed by atoms with Crippen LogP contribution >= 0.6 is 0 Å². The van der Waals surface area contributed by atoms with Crippen molar-refractivity contribution in [3.8, 4) is 0 Å². The number of anilines is 1. The smallest absolute Gasteiger partial charge is 0.393 e. The van der Waals surface area contributed by atoms with Crippen LogP contribution in [0.4, 0.5) is 18.9 Å². The average molecular weight is 309 g/mol. The standard InChI is InChI=1S/C12H14F3NO3S/c13-12(14,15)20(18,19)11-3-1-9(2-4-11)16-7-8-5-10(17)6-8/h1-4,8,10,16-17H,5-7H2. The molecule has 1 aliphatic carbocycles. The molecule has 0 amide bonds. The van der Waals surface area contributed by atoms with Crippen molar-refractivity contribution in [2.45, 2.75) is 29.3 Å².